The number of carbonyl (C=O) groups is 2. The van der Waals surface area contributed by atoms with Crippen molar-refractivity contribution in [2.24, 2.45) is 0 Å². The van der Waals surface area contributed by atoms with Crippen LogP contribution in [-0.2, 0) is 9.59 Å². The van der Waals surface area contributed by atoms with Crippen molar-refractivity contribution >= 4 is 34.5 Å². The van der Waals surface area contributed by atoms with Crippen LogP contribution in [0.1, 0.15) is 28.5 Å². The zero-order valence-electron chi connectivity index (χ0n) is 11.3. The fourth-order valence-corrected chi connectivity index (χ4v) is 3.23. The lowest BCUT2D eigenvalue weighted by molar-refractivity contribution is -0.123. The molecule has 2 amide bonds. The monoisotopic (exact) mass is 302 g/mol. The van der Waals surface area contributed by atoms with E-state index in [1.165, 1.54) is 11.3 Å². The first-order valence-electron chi connectivity index (χ1n) is 6.50. The largest absolute Gasteiger partial charge is 0.383 e. The van der Waals surface area contributed by atoms with E-state index in [0.29, 0.717) is 16.9 Å². The minimum Gasteiger partial charge on any atom is -0.383 e. The van der Waals surface area contributed by atoms with E-state index in [9.17, 15) is 14.7 Å². The number of fused-ring (bicyclic) bond motifs is 1. The Bertz CT molecular complexity index is 723. The number of aryl methyl sites for hydroxylation is 1. The van der Waals surface area contributed by atoms with Crippen molar-refractivity contribution in [2.75, 3.05) is 10.6 Å². The number of aliphatic hydroxyl groups is 1. The molecule has 0 saturated carbocycles. The van der Waals surface area contributed by atoms with Crippen LogP contribution in [0.2, 0.25) is 0 Å². The zero-order valence-corrected chi connectivity index (χ0v) is 12.2. The first-order chi connectivity index (χ1) is 10.0. The third-order valence-corrected chi connectivity index (χ3v) is 4.45. The molecule has 0 spiro atoms. The summed E-state index contributed by atoms with van der Waals surface area (Å²) in [4.78, 5) is 23.9. The van der Waals surface area contributed by atoms with E-state index in [4.69, 9.17) is 0 Å². The lowest BCUT2D eigenvalue weighted by Gasteiger charge is -2.14. The van der Waals surface area contributed by atoms with Gasteiger partial charge in [-0.05, 0) is 41.6 Å². The second-order valence-electron chi connectivity index (χ2n) is 4.95. The van der Waals surface area contributed by atoms with Gasteiger partial charge >= 0.3 is 0 Å². The van der Waals surface area contributed by atoms with Gasteiger partial charge in [-0.1, -0.05) is 6.07 Å². The Morgan fingerprint density at radius 2 is 1.86 bits per heavy atom. The van der Waals surface area contributed by atoms with E-state index in [1.807, 2.05) is 18.4 Å². The molecule has 0 aliphatic carbocycles. The standard InChI is InChI=1S/C15H14N2O3S/c1-8-4-5-21-15(8)14(20)9-2-3-10-11(6-9)17-13(19)7-12(18)16-10/h2-6,14,20H,7H2,1H3,(H,16,18)(H,17,19). The van der Waals surface area contributed by atoms with Crippen LogP contribution < -0.4 is 10.6 Å². The molecule has 3 rings (SSSR count). The van der Waals surface area contributed by atoms with Gasteiger partial charge in [-0.3, -0.25) is 9.59 Å². The number of hydrogen-bond acceptors (Lipinski definition) is 4. The van der Waals surface area contributed by atoms with Gasteiger partial charge < -0.3 is 15.7 Å². The zero-order chi connectivity index (χ0) is 15.0. The van der Waals surface area contributed by atoms with Gasteiger partial charge in [0.1, 0.15) is 12.5 Å². The van der Waals surface area contributed by atoms with Gasteiger partial charge in [0.15, 0.2) is 0 Å². The van der Waals surface area contributed by atoms with Gasteiger partial charge in [-0.15, -0.1) is 11.3 Å². The minimum absolute atomic E-state index is 0.198. The molecule has 1 unspecified atom stereocenters. The molecule has 108 valence electrons. The molecule has 21 heavy (non-hydrogen) atoms. The lowest BCUT2D eigenvalue weighted by atomic mass is 10.0. The van der Waals surface area contributed by atoms with Crippen LogP contribution in [0.3, 0.4) is 0 Å². The number of anilines is 2. The Labute approximate surface area is 125 Å². The molecule has 0 saturated heterocycles. The van der Waals surface area contributed by atoms with Crippen molar-refractivity contribution < 1.29 is 14.7 Å². The second kappa shape index (κ2) is 5.31. The minimum atomic E-state index is -0.744. The molecule has 0 radical (unpaired) electrons. The Morgan fingerprint density at radius 1 is 1.14 bits per heavy atom. The number of hydrogen-bond donors (Lipinski definition) is 3. The van der Waals surface area contributed by atoms with Crippen LogP contribution in [0.25, 0.3) is 0 Å². The van der Waals surface area contributed by atoms with Crippen molar-refractivity contribution in [1.82, 2.24) is 0 Å². The Balaban J connectivity index is 1.98. The number of benzene rings is 1. The van der Waals surface area contributed by atoms with Gasteiger partial charge in [0.2, 0.25) is 11.8 Å². The van der Waals surface area contributed by atoms with E-state index >= 15 is 0 Å². The highest BCUT2D eigenvalue weighted by Crippen LogP contribution is 2.33. The molecule has 1 aliphatic heterocycles. The van der Waals surface area contributed by atoms with Crippen molar-refractivity contribution in [2.45, 2.75) is 19.4 Å². The fraction of sp³-hybridized carbons (Fsp3) is 0.200. The highest BCUT2D eigenvalue weighted by molar-refractivity contribution is 7.10. The van der Waals surface area contributed by atoms with Gasteiger partial charge in [0, 0.05) is 4.88 Å². The summed E-state index contributed by atoms with van der Waals surface area (Å²) in [6, 6.07) is 7.10. The molecule has 0 fully saturated rings. The molecule has 1 aromatic carbocycles. The average Bonchev–Trinajstić information content (AvgIpc) is 2.79. The number of amides is 2. The third kappa shape index (κ3) is 2.68. The summed E-state index contributed by atoms with van der Waals surface area (Å²) in [6.07, 6.45) is -0.942. The number of carbonyl (C=O) groups excluding carboxylic acids is 2. The smallest absolute Gasteiger partial charge is 0.233 e. The SMILES string of the molecule is Cc1ccsc1C(O)c1ccc2c(c1)NC(=O)CC(=O)N2. The van der Waals surface area contributed by atoms with Crippen molar-refractivity contribution in [3.05, 3.63) is 45.6 Å². The van der Waals surface area contributed by atoms with Crippen LogP contribution in [0, 0.1) is 6.92 Å². The van der Waals surface area contributed by atoms with E-state index in [2.05, 4.69) is 10.6 Å². The molecule has 3 N–H and O–H groups in total. The molecule has 5 nitrogen and oxygen atoms in total. The van der Waals surface area contributed by atoms with E-state index < -0.39 is 6.10 Å². The van der Waals surface area contributed by atoms with Gasteiger partial charge in [-0.2, -0.15) is 0 Å². The van der Waals surface area contributed by atoms with Crippen molar-refractivity contribution in [1.29, 1.82) is 0 Å². The number of thiophene rings is 1. The Kier molecular flexibility index (Phi) is 3.48. The first-order valence-corrected chi connectivity index (χ1v) is 7.38. The summed E-state index contributed by atoms with van der Waals surface area (Å²) in [5.41, 5.74) is 2.76. The van der Waals surface area contributed by atoms with E-state index in [-0.39, 0.29) is 18.2 Å². The summed E-state index contributed by atoms with van der Waals surface area (Å²) in [5.74, 6) is -0.696. The fourth-order valence-electron chi connectivity index (χ4n) is 2.29. The number of rotatable bonds is 2. The molecule has 2 aromatic rings. The normalized spacial score (nSPS) is 15.7. The average molecular weight is 302 g/mol. The van der Waals surface area contributed by atoms with E-state index in [0.717, 1.165) is 10.4 Å². The maximum absolute atomic E-state index is 11.6. The highest BCUT2D eigenvalue weighted by Gasteiger charge is 2.21. The first kappa shape index (κ1) is 13.8. The molecule has 0 bridgehead atoms. The van der Waals surface area contributed by atoms with E-state index in [1.54, 1.807) is 18.2 Å². The number of nitrogens with one attached hydrogen (secondary N) is 2. The molecular formula is C15H14N2O3S. The van der Waals surface area contributed by atoms with Gasteiger partial charge in [0.25, 0.3) is 0 Å². The second-order valence-corrected chi connectivity index (χ2v) is 5.90. The molecule has 2 heterocycles. The van der Waals surface area contributed by atoms with Gasteiger partial charge in [-0.25, -0.2) is 0 Å². The molecular weight excluding hydrogens is 288 g/mol. The summed E-state index contributed by atoms with van der Waals surface area (Å²) in [6.45, 7) is 1.94. The number of aliphatic hydroxyl groups excluding tert-OH is 1. The van der Waals surface area contributed by atoms with Crippen LogP contribution in [0.5, 0.6) is 0 Å². The molecule has 1 aliphatic rings. The summed E-state index contributed by atoms with van der Waals surface area (Å²) < 4.78 is 0. The summed E-state index contributed by atoms with van der Waals surface area (Å²) >= 11 is 1.49. The van der Waals surface area contributed by atoms with Gasteiger partial charge in [0.05, 0.1) is 11.4 Å². The summed E-state index contributed by atoms with van der Waals surface area (Å²) in [5, 5.41) is 17.7. The molecule has 1 aromatic heterocycles. The van der Waals surface area contributed by atoms with Crippen LogP contribution in [0.4, 0.5) is 11.4 Å². The Morgan fingerprint density at radius 3 is 2.52 bits per heavy atom. The maximum atomic E-state index is 11.6. The predicted octanol–water partition coefficient (Wildman–Crippen LogP) is 2.42. The van der Waals surface area contributed by atoms with Crippen molar-refractivity contribution in [3.8, 4) is 0 Å². The summed E-state index contributed by atoms with van der Waals surface area (Å²) in [7, 11) is 0. The topological polar surface area (TPSA) is 78.4 Å². The van der Waals surface area contributed by atoms with Crippen LogP contribution in [0.15, 0.2) is 29.6 Å². The third-order valence-electron chi connectivity index (χ3n) is 3.38. The predicted molar refractivity (Wildman–Crippen MR) is 81.4 cm³/mol. The van der Waals surface area contributed by atoms with Crippen LogP contribution >= 0.6 is 11.3 Å². The quantitative estimate of drug-likeness (QED) is 0.745. The molecule has 1 atom stereocenters. The maximum Gasteiger partial charge on any atom is 0.233 e. The highest BCUT2D eigenvalue weighted by atomic mass is 32.1. The molecule has 6 heteroatoms. The van der Waals surface area contributed by atoms with Crippen LogP contribution in [-0.4, -0.2) is 16.9 Å². The Hall–Kier alpha value is -2.18. The lowest BCUT2D eigenvalue weighted by Crippen LogP contribution is -2.16. The van der Waals surface area contributed by atoms with Crippen molar-refractivity contribution in [3.63, 3.8) is 0 Å².